The van der Waals surface area contributed by atoms with Gasteiger partial charge in [0.25, 0.3) is 5.91 Å². The highest BCUT2D eigenvalue weighted by Crippen LogP contribution is 2.08. The van der Waals surface area contributed by atoms with Crippen molar-refractivity contribution in [3.8, 4) is 0 Å². The molecule has 0 heterocycles. The lowest BCUT2D eigenvalue weighted by atomic mass is 10.2. The second kappa shape index (κ2) is 8.73. The minimum atomic E-state index is -1.02. The number of halogens is 2. The molecule has 0 bridgehead atoms. The molecule has 2 rings (SSSR count). The Kier molecular flexibility index (Phi) is 6.39. The SMILES string of the molecule is C[C@@H](OC(=O)/C=C/c1ccccc1F)C(=O)NCc1ccc(F)cc1. The van der Waals surface area contributed by atoms with Crippen molar-refractivity contribution in [3.63, 3.8) is 0 Å². The number of ether oxygens (including phenoxy) is 1. The highest BCUT2D eigenvalue weighted by Gasteiger charge is 2.16. The number of hydrogen-bond donors (Lipinski definition) is 1. The smallest absolute Gasteiger partial charge is 0.331 e. The molecule has 0 fully saturated rings. The van der Waals surface area contributed by atoms with E-state index >= 15 is 0 Å². The summed E-state index contributed by atoms with van der Waals surface area (Å²) in [6.07, 6.45) is 1.32. The van der Waals surface area contributed by atoms with E-state index in [1.807, 2.05) is 0 Å². The van der Waals surface area contributed by atoms with Crippen LogP contribution in [0.3, 0.4) is 0 Å². The Morgan fingerprint density at radius 3 is 2.48 bits per heavy atom. The molecule has 6 heteroatoms. The summed E-state index contributed by atoms with van der Waals surface area (Å²) in [4.78, 5) is 23.6. The molecular formula is C19H17F2NO3. The number of amides is 1. The molecule has 1 atom stereocenters. The summed E-state index contributed by atoms with van der Waals surface area (Å²) in [6, 6.07) is 11.6. The summed E-state index contributed by atoms with van der Waals surface area (Å²) in [7, 11) is 0. The lowest BCUT2D eigenvalue weighted by Crippen LogP contribution is -2.35. The maximum atomic E-state index is 13.4. The van der Waals surface area contributed by atoms with Gasteiger partial charge >= 0.3 is 5.97 Å². The van der Waals surface area contributed by atoms with E-state index in [0.29, 0.717) is 5.56 Å². The number of benzene rings is 2. The maximum Gasteiger partial charge on any atom is 0.331 e. The first-order valence-electron chi connectivity index (χ1n) is 7.61. The van der Waals surface area contributed by atoms with Gasteiger partial charge in [-0.25, -0.2) is 13.6 Å². The summed E-state index contributed by atoms with van der Waals surface area (Å²) in [6.45, 7) is 1.61. The van der Waals surface area contributed by atoms with Crippen LogP contribution in [0.2, 0.25) is 0 Å². The fourth-order valence-corrected chi connectivity index (χ4v) is 1.97. The van der Waals surface area contributed by atoms with Gasteiger partial charge in [0, 0.05) is 18.2 Å². The Balaban J connectivity index is 1.82. The summed E-state index contributed by atoms with van der Waals surface area (Å²) in [5.74, 6) is -2.07. The van der Waals surface area contributed by atoms with E-state index in [9.17, 15) is 18.4 Å². The molecule has 0 unspecified atom stereocenters. The number of carbonyl (C=O) groups is 2. The van der Waals surface area contributed by atoms with Crippen molar-refractivity contribution in [2.75, 3.05) is 0 Å². The van der Waals surface area contributed by atoms with Gasteiger partial charge in [-0.2, -0.15) is 0 Å². The van der Waals surface area contributed by atoms with Crippen LogP contribution < -0.4 is 5.32 Å². The molecule has 0 aliphatic heterocycles. The fourth-order valence-electron chi connectivity index (χ4n) is 1.97. The van der Waals surface area contributed by atoms with E-state index in [4.69, 9.17) is 4.74 Å². The minimum Gasteiger partial charge on any atom is -0.449 e. The van der Waals surface area contributed by atoms with Gasteiger partial charge in [0.2, 0.25) is 0 Å². The average molecular weight is 345 g/mol. The molecule has 0 aliphatic rings. The zero-order chi connectivity index (χ0) is 18.2. The van der Waals surface area contributed by atoms with Crippen LogP contribution in [0.15, 0.2) is 54.6 Å². The Labute approximate surface area is 144 Å². The molecule has 0 saturated heterocycles. The third kappa shape index (κ3) is 5.84. The van der Waals surface area contributed by atoms with E-state index in [1.54, 1.807) is 24.3 Å². The van der Waals surface area contributed by atoms with Gasteiger partial charge < -0.3 is 10.1 Å². The molecule has 4 nitrogen and oxygen atoms in total. The van der Waals surface area contributed by atoms with Crippen molar-refractivity contribution in [1.82, 2.24) is 5.32 Å². The molecule has 25 heavy (non-hydrogen) atoms. The van der Waals surface area contributed by atoms with Crippen molar-refractivity contribution in [1.29, 1.82) is 0 Å². The Hall–Kier alpha value is -3.02. The zero-order valence-electron chi connectivity index (χ0n) is 13.5. The highest BCUT2D eigenvalue weighted by atomic mass is 19.1. The molecule has 2 aromatic carbocycles. The predicted molar refractivity (Wildman–Crippen MR) is 89.2 cm³/mol. The van der Waals surface area contributed by atoms with Gasteiger partial charge in [-0.3, -0.25) is 4.79 Å². The third-order valence-electron chi connectivity index (χ3n) is 3.35. The number of hydrogen-bond acceptors (Lipinski definition) is 3. The average Bonchev–Trinajstić information content (AvgIpc) is 2.60. The van der Waals surface area contributed by atoms with Crippen molar-refractivity contribution in [3.05, 3.63) is 77.4 Å². The summed E-state index contributed by atoms with van der Waals surface area (Å²) < 4.78 is 31.2. The molecule has 0 spiro atoms. The quantitative estimate of drug-likeness (QED) is 0.646. The van der Waals surface area contributed by atoms with Crippen LogP contribution in [-0.4, -0.2) is 18.0 Å². The first-order chi connectivity index (χ1) is 12.0. The van der Waals surface area contributed by atoms with Gasteiger partial charge in [0.1, 0.15) is 11.6 Å². The van der Waals surface area contributed by atoms with Crippen molar-refractivity contribution < 1.29 is 23.1 Å². The van der Waals surface area contributed by atoms with Gasteiger partial charge in [0.15, 0.2) is 6.10 Å². The van der Waals surface area contributed by atoms with Crippen LogP contribution in [0.4, 0.5) is 8.78 Å². The molecule has 0 aromatic heterocycles. The van der Waals surface area contributed by atoms with Crippen LogP contribution in [0.1, 0.15) is 18.1 Å². The Morgan fingerprint density at radius 2 is 1.80 bits per heavy atom. The number of nitrogens with one attached hydrogen (secondary N) is 1. The van der Waals surface area contributed by atoms with Gasteiger partial charge in [-0.05, 0) is 36.8 Å². The standard InChI is InChI=1S/C19H17F2NO3/c1-13(19(24)22-12-14-6-9-16(20)10-7-14)25-18(23)11-8-15-4-2-3-5-17(15)21/h2-11,13H,12H2,1H3,(H,22,24)/b11-8+/t13-/m1/s1. The van der Waals surface area contributed by atoms with E-state index in [2.05, 4.69) is 5.32 Å². The maximum absolute atomic E-state index is 13.4. The van der Waals surface area contributed by atoms with Crippen molar-refractivity contribution >= 4 is 18.0 Å². The molecule has 0 saturated carbocycles. The Bertz CT molecular complexity index is 772. The van der Waals surface area contributed by atoms with E-state index in [1.165, 1.54) is 37.3 Å². The zero-order valence-corrected chi connectivity index (χ0v) is 13.5. The van der Waals surface area contributed by atoms with Crippen LogP contribution >= 0.6 is 0 Å². The summed E-state index contributed by atoms with van der Waals surface area (Å²) in [5, 5.41) is 2.58. The minimum absolute atomic E-state index is 0.187. The number of carbonyl (C=O) groups excluding carboxylic acids is 2. The molecule has 1 N–H and O–H groups in total. The molecule has 130 valence electrons. The lowest BCUT2D eigenvalue weighted by molar-refractivity contribution is -0.150. The molecule has 1 amide bonds. The molecule has 2 aromatic rings. The van der Waals surface area contributed by atoms with E-state index < -0.39 is 23.8 Å². The van der Waals surface area contributed by atoms with Crippen LogP contribution in [0.5, 0.6) is 0 Å². The lowest BCUT2D eigenvalue weighted by Gasteiger charge is -2.12. The topological polar surface area (TPSA) is 55.4 Å². The van der Waals surface area contributed by atoms with Gasteiger partial charge in [-0.1, -0.05) is 30.3 Å². The summed E-state index contributed by atoms with van der Waals surface area (Å²) in [5.41, 5.74) is 0.959. The first kappa shape index (κ1) is 18.3. The van der Waals surface area contributed by atoms with Gasteiger partial charge in [-0.15, -0.1) is 0 Å². The molecule has 0 aliphatic carbocycles. The summed E-state index contributed by atoms with van der Waals surface area (Å²) >= 11 is 0. The van der Waals surface area contributed by atoms with Crippen molar-refractivity contribution in [2.45, 2.75) is 19.6 Å². The van der Waals surface area contributed by atoms with Gasteiger partial charge in [0.05, 0.1) is 0 Å². The van der Waals surface area contributed by atoms with Crippen molar-refractivity contribution in [2.24, 2.45) is 0 Å². The van der Waals surface area contributed by atoms with E-state index in [0.717, 1.165) is 6.08 Å². The fraction of sp³-hybridized carbons (Fsp3) is 0.158. The predicted octanol–water partition coefficient (Wildman–Crippen LogP) is 3.23. The second-order valence-electron chi connectivity index (χ2n) is 5.28. The van der Waals surface area contributed by atoms with Crippen LogP contribution in [0, 0.1) is 11.6 Å². The highest BCUT2D eigenvalue weighted by molar-refractivity contribution is 5.90. The second-order valence-corrected chi connectivity index (χ2v) is 5.28. The van der Waals surface area contributed by atoms with Crippen LogP contribution in [-0.2, 0) is 20.9 Å². The Morgan fingerprint density at radius 1 is 1.12 bits per heavy atom. The third-order valence-corrected chi connectivity index (χ3v) is 3.35. The normalized spacial score (nSPS) is 12.0. The monoisotopic (exact) mass is 345 g/mol. The molecular weight excluding hydrogens is 328 g/mol. The number of esters is 1. The molecule has 0 radical (unpaired) electrons. The van der Waals surface area contributed by atoms with Crippen LogP contribution in [0.25, 0.3) is 6.08 Å². The first-order valence-corrected chi connectivity index (χ1v) is 7.61. The number of rotatable bonds is 6. The largest absolute Gasteiger partial charge is 0.449 e. The van der Waals surface area contributed by atoms with E-state index in [-0.39, 0.29) is 17.9 Å².